The van der Waals surface area contributed by atoms with Crippen molar-refractivity contribution >= 4 is 5.91 Å². The second-order valence-electron chi connectivity index (χ2n) is 7.81. The van der Waals surface area contributed by atoms with E-state index in [4.69, 9.17) is 5.73 Å². The average Bonchev–Trinajstić information content (AvgIpc) is 3.10. The largest absolute Gasteiger partial charge is 0.335 e. The molecule has 1 heterocycles. The van der Waals surface area contributed by atoms with Crippen LogP contribution in [0.25, 0.3) is 0 Å². The van der Waals surface area contributed by atoms with Crippen LogP contribution in [0.3, 0.4) is 0 Å². The van der Waals surface area contributed by atoms with E-state index in [-0.39, 0.29) is 11.9 Å². The van der Waals surface area contributed by atoms with Crippen molar-refractivity contribution < 1.29 is 4.79 Å². The first-order valence-electron chi connectivity index (χ1n) is 9.89. The first-order valence-corrected chi connectivity index (χ1v) is 9.89. The highest BCUT2D eigenvalue weighted by Crippen LogP contribution is 2.32. The molecule has 1 aliphatic heterocycles. The maximum atomic E-state index is 13.0. The highest BCUT2D eigenvalue weighted by molar-refractivity contribution is 5.78. The summed E-state index contributed by atoms with van der Waals surface area (Å²) in [5, 5.41) is 0. The minimum atomic E-state index is 0.176. The van der Waals surface area contributed by atoms with Crippen molar-refractivity contribution in [2.24, 2.45) is 11.7 Å². The van der Waals surface area contributed by atoms with E-state index in [9.17, 15) is 4.79 Å². The predicted octanol–water partition coefficient (Wildman–Crippen LogP) is 3.10. The van der Waals surface area contributed by atoms with Gasteiger partial charge in [0.1, 0.15) is 0 Å². The number of likely N-dealkylation sites (tertiary alicyclic amines) is 1. The number of hydrogen-bond acceptors (Lipinski definition) is 3. The molecule has 2 aromatic rings. The second-order valence-corrected chi connectivity index (χ2v) is 7.81. The Morgan fingerprint density at radius 1 is 1.07 bits per heavy atom. The molecule has 144 valence electrons. The summed E-state index contributed by atoms with van der Waals surface area (Å²) in [5.74, 6) is 1.01. The molecule has 2 atom stereocenters. The van der Waals surface area contributed by atoms with Gasteiger partial charge in [0.2, 0.25) is 5.91 Å². The number of rotatable bonds is 7. The number of carbonyl (C=O) groups is 1. The van der Waals surface area contributed by atoms with E-state index < -0.39 is 0 Å². The zero-order valence-corrected chi connectivity index (χ0v) is 16.4. The molecule has 3 rings (SSSR count). The van der Waals surface area contributed by atoms with Gasteiger partial charge in [-0.05, 0) is 37.4 Å². The van der Waals surface area contributed by atoms with Gasteiger partial charge in [-0.3, -0.25) is 9.69 Å². The van der Waals surface area contributed by atoms with Crippen LogP contribution in [0.2, 0.25) is 0 Å². The lowest BCUT2D eigenvalue weighted by atomic mass is 9.89. The van der Waals surface area contributed by atoms with Crippen LogP contribution in [0.4, 0.5) is 0 Å². The van der Waals surface area contributed by atoms with Crippen molar-refractivity contribution in [3.63, 3.8) is 0 Å². The third kappa shape index (κ3) is 4.96. The Morgan fingerprint density at radius 3 is 2.30 bits per heavy atom. The van der Waals surface area contributed by atoms with Crippen molar-refractivity contribution in [1.82, 2.24) is 9.80 Å². The first-order chi connectivity index (χ1) is 13.1. The number of hydrogen-bond donors (Lipinski definition) is 1. The standard InChI is InChI=1S/C23H31N3O/c1-18(2)26(14-19-9-5-3-6-10-19)23(27)17-25-15-21(13-24)22(16-25)20-11-7-4-8-12-20/h3-12,18,21-22H,13-17,24H2,1-2H3/t21-,22+/m1/s1. The summed E-state index contributed by atoms with van der Waals surface area (Å²) in [7, 11) is 0. The van der Waals surface area contributed by atoms with Gasteiger partial charge in [0.05, 0.1) is 6.54 Å². The van der Waals surface area contributed by atoms with Crippen LogP contribution in [0.1, 0.15) is 30.9 Å². The molecule has 1 amide bonds. The molecule has 1 saturated heterocycles. The topological polar surface area (TPSA) is 49.6 Å². The molecule has 0 aliphatic carbocycles. The lowest BCUT2D eigenvalue weighted by Gasteiger charge is -2.29. The zero-order chi connectivity index (χ0) is 19.2. The van der Waals surface area contributed by atoms with Crippen molar-refractivity contribution in [3.8, 4) is 0 Å². The van der Waals surface area contributed by atoms with Gasteiger partial charge in [-0.1, -0.05) is 60.7 Å². The quantitative estimate of drug-likeness (QED) is 0.820. The fourth-order valence-electron chi connectivity index (χ4n) is 4.03. The number of nitrogens with zero attached hydrogens (tertiary/aromatic N) is 2. The van der Waals surface area contributed by atoms with Crippen molar-refractivity contribution in [1.29, 1.82) is 0 Å². The Kier molecular flexibility index (Phi) is 6.64. The SMILES string of the molecule is CC(C)N(Cc1ccccc1)C(=O)CN1C[C@@H](CN)[C@H](c2ccccc2)C1. The maximum Gasteiger partial charge on any atom is 0.237 e. The Labute approximate surface area is 163 Å². The summed E-state index contributed by atoms with van der Waals surface area (Å²) in [4.78, 5) is 17.3. The van der Waals surface area contributed by atoms with E-state index in [0.717, 1.165) is 13.1 Å². The molecule has 4 heteroatoms. The van der Waals surface area contributed by atoms with Gasteiger partial charge in [0.25, 0.3) is 0 Å². The van der Waals surface area contributed by atoms with Crippen LogP contribution in [-0.2, 0) is 11.3 Å². The fraction of sp³-hybridized carbons (Fsp3) is 0.435. The van der Waals surface area contributed by atoms with Gasteiger partial charge in [-0.2, -0.15) is 0 Å². The minimum absolute atomic E-state index is 0.176. The van der Waals surface area contributed by atoms with Crippen molar-refractivity contribution in [3.05, 3.63) is 71.8 Å². The molecule has 2 N–H and O–H groups in total. The van der Waals surface area contributed by atoms with E-state index in [2.05, 4.69) is 55.1 Å². The van der Waals surface area contributed by atoms with Crippen molar-refractivity contribution in [2.75, 3.05) is 26.2 Å². The average molecular weight is 366 g/mol. The van der Waals surface area contributed by atoms with Crippen LogP contribution in [0.5, 0.6) is 0 Å². The molecule has 4 nitrogen and oxygen atoms in total. The second kappa shape index (κ2) is 9.16. The molecule has 0 radical (unpaired) electrons. The van der Waals surface area contributed by atoms with E-state index in [1.54, 1.807) is 0 Å². The predicted molar refractivity (Wildman–Crippen MR) is 110 cm³/mol. The molecule has 1 fully saturated rings. The van der Waals surface area contributed by atoms with Gasteiger partial charge >= 0.3 is 0 Å². The Hall–Kier alpha value is -2.17. The summed E-state index contributed by atoms with van der Waals surface area (Å²) in [6.07, 6.45) is 0. The molecule has 0 aromatic heterocycles. The van der Waals surface area contributed by atoms with Crippen LogP contribution in [0, 0.1) is 5.92 Å². The molecule has 0 unspecified atom stereocenters. The summed E-state index contributed by atoms with van der Waals surface area (Å²) < 4.78 is 0. The summed E-state index contributed by atoms with van der Waals surface area (Å²) in [6, 6.07) is 20.9. The molecule has 0 spiro atoms. The lowest BCUT2D eigenvalue weighted by molar-refractivity contribution is -0.134. The van der Waals surface area contributed by atoms with E-state index in [0.29, 0.717) is 31.5 Å². The smallest absolute Gasteiger partial charge is 0.237 e. The van der Waals surface area contributed by atoms with Gasteiger partial charge < -0.3 is 10.6 Å². The van der Waals surface area contributed by atoms with Crippen LogP contribution < -0.4 is 5.73 Å². The van der Waals surface area contributed by atoms with Gasteiger partial charge in [-0.25, -0.2) is 0 Å². The van der Waals surface area contributed by atoms with Gasteiger partial charge in [0, 0.05) is 31.6 Å². The highest BCUT2D eigenvalue weighted by atomic mass is 16.2. The maximum absolute atomic E-state index is 13.0. The van der Waals surface area contributed by atoms with Gasteiger partial charge in [-0.15, -0.1) is 0 Å². The number of carbonyl (C=O) groups excluding carboxylic acids is 1. The van der Waals surface area contributed by atoms with E-state index >= 15 is 0 Å². The summed E-state index contributed by atoms with van der Waals surface area (Å²) >= 11 is 0. The molecule has 27 heavy (non-hydrogen) atoms. The molecule has 0 saturated carbocycles. The fourth-order valence-corrected chi connectivity index (χ4v) is 4.03. The van der Waals surface area contributed by atoms with Crippen LogP contribution >= 0.6 is 0 Å². The zero-order valence-electron chi connectivity index (χ0n) is 16.4. The minimum Gasteiger partial charge on any atom is -0.335 e. The normalized spacial score (nSPS) is 20.1. The molecular formula is C23H31N3O. The van der Waals surface area contributed by atoms with E-state index in [1.165, 1.54) is 11.1 Å². The number of nitrogens with two attached hydrogens (primary N) is 1. The van der Waals surface area contributed by atoms with Crippen LogP contribution in [-0.4, -0.2) is 47.9 Å². The lowest BCUT2D eigenvalue weighted by Crippen LogP contribution is -2.43. The summed E-state index contributed by atoms with van der Waals surface area (Å²) in [5.41, 5.74) is 8.54. The highest BCUT2D eigenvalue weighted by Gasteiger charge is 2.34. The third-order valence-electron chi connectivity index (χ3n) is 5.55. The molecular weight excluding hydrogens is 334 g/mol. The monoisotopic (exact) mass is 365 g/mol. The molecule has 2 aromatic carbocycles. The molecule has 0 bridgehead atoms. The van der Waals surface area contributed by atoms with Crippen LogP contribution in [0.15, 0.2) is 60.7 Å². The van der Waals surface area contributed by atoms with Gasteiger partial charge in [0.15, 0.2) is 0 Å². The Balaban J connectivity index is 1.65. The Morgan fingerprint density at radius 2 is 1.70 bits per heavy atom. The number of amides is 1. The number of benzene rings is 2. The van der Waals surface area contributed by atoms with E-state index in [1.807, 2.05) is 29.2 Å². The Bertz CT molecular complexity index is 717. The first kappa shape index (κ1) is 19.6. The third-order valence-corrected chi connectivity index (χ3v) is 5.55. The molecule has 1 aliphatic rings. The summed E-state index contributed by atoms with van der Waals surface area (Å²) in [6.45, 7) is 7.73. The van der Waals surface area contributed by atoms with Crippen molar-refractivity contribution in [2.45, 2.75) is 32.4 Å².